The molecule has 1 saturated heterocycles. The molecular weight excluding hydrogens is 410 g/mol. The molecule has 2 atom stereocenters. The van der Waals surface area contributed by atoms with Crippen molar-refractivity contribution in [3.8, 4) is 5.69 Å². The second-order valence-corrected chi connectivity index (χ2v) is 7.92. The summed E-state index contributed by atoms with van der Waals surface area (Å²) in [6, 6.07) is 7.29. The number of para-hydroxylation sites is 1. The molecule has 0 radical (unpaired) electrons. The van der Waals surface area contributed by atoms with Crippen LogP contribution < -0.4 is 0 Å². The molecule has 2 aromatic heterocycles. The highest BCUT2D eigenvalue weighted by molar-refractivity contribution is 5.98. The molecule has 4 rings (SSSR count). The second kappa shape index (κ2) is 8.78. The van der Waals surface area contributed by atoms with E-state index in [-0.39, 0.29) is 23.6 Å². The van der Waals surface area contributed by atoms with Crippen molar-refractivity contribution in [2.24, 2.45) is 0 Å². The summed E-state index contributed by atoms with van der Waals surface area (Å²) < 4.78 is 10.7. The number of carbonyl (C=O) groups excluding carboxylic acids is 2. The first-order valence-electron chi connectivity index (χ1n) is 10.4. The third-order valence-electron chi connectivity index (χ3n) is 5.67. The Kier molecular flexibility index (Phi) is 5.89. The minimum Gasteiger partial charge on any atom is -0.464 e. The Morgan fingerprint density at radius 3 is 2.59 bits per heavy atom. The minimum absolute atomic E-state index is 0.0352. The van der Waals surface area contributed by atoms with Gasteiger partial charge in [-0.3, -0.25) is 4.79 Å². The Morgan fingerprint density at radius 2 is 1.91 bits per heavy atom. The molecule has 0 N–H and O–H groups in total. The van der Waals surface area contributed by atoms with Crippen molar-refractivity contribution in [1.82, 2.24) is 24.9 Å². The molecule has 1 fully saturated rings. The van der Waals surface area contributed by atoms with E-state index in [1.54, 1.807) is 25.4 Å². The average Bonchev–Trinajstić information content (AvgIpc) is 3.49. The smallest absolute Gasteiger partial charge is 0.360 e. The number of benzene rings is 1. The Morgan fingerprint density at radius 1 is 1.19 bits per heavy atom. The number of aromatic nitrogens is 4. The van der Waals surface area contributed by atoms with Crippen LogP contribution in [0, 0.1) is 0 Å². The molecule has 166 valence electrons. The zero-order chi connectivity index (χ0) is 22.8. The molecular formula is C23H25N5O4. The van der Waals surface area contributed by atoms with E-state index in [1.807, 2.05) is 30.0 Å². The van der Waals surface area contributed by atoms with Crippen molar-refractivity contribution in [2.75, 3.05) is 13.7 Å². The zero-order valence-corrected chi connectivity index (χ0v) is 18.3. The minimum atomic E-state index is -0.573. The standard InChI is InChI=1S/C23H25N5O4/c1-14(2)20-19(23(30)31-4)26-21(32-20)16-10-9-15(3)27(13-16)22(29)17-7-5-6-8-18(17)28-24-11-12-25-28/h5-8,11-12,15-16H,1,9-10,13H2,2-4H3/t15-,16-/m1/s1. The maximum absolute atomic E-state index is 13.6. The summed E-state index contributed by atoms with van der Waals surface area (Å²) >= 11 is 0. The molecule has 0 saturated carbocycles. The monoisotopic (exact) mass is 435 g/mol. The fourth-order valence-electron chi connectivity index (χ4n) is 3.95. The molecule has 0 aliphatic carbocycles. The molecule has 9 heteroatoms. The van der Waals surface area contributed by atoms with Crippen LogP contribution in [0.5, 0.6) is 0 Å². The van der Waals surface area contributed by atoms with Crippen LogP contribution in [0.25, 0.3) is 11.3 Å². The Balaban J connectivity index is 1.64. The van der Waals surface area contributed by atoms with Gasteiger partial charge in [0.1, 0.15) is 0 Å². The lowest BCUT2D eigenvalue weighted by molar-refractivity contribution is 0.0582. The number of carbonyl (C=O) groups is 2. The number of hydrogen-bond donors (Lipinski definition) is 0. The Hall–Kier alpha value is -3.75. The van der Waals surface area contributed by atoms with E-state index in [0.717, 1.165) is 12.8 Å². The van der Waals surface area contributed by atoms with Crippen LogP contribution in [-0.2, 0) is 4.74 Å². The quantitative estimate of drug-likeness (QED) is 0.565. The number of ether oxygens (including phenoxy) is 1. The number of allylic oxidation sites excluding steroid dienone is 1. The van der Waals surface area contributed by atoms with Gasteiger partial charge in [-0.15, -0.1) is 0 Å². The number of esters is 1. The first kappa shape index (κ1) is 21.5. The molecule has 0 unspecified atom stereocenters. The van der Waals surface area contributed by atoms with Gasteiger partial charge in [-0.05, 0) is 44.4 Å². The van der Waals surface area contributed by atoms with Crippen LogP contribution in [0.4, 0.5) is 0 Å². The van der Waals surface area contributed by atoms with Gasteiger partial charge in [0.15, 0.2) is 11.5 Å². The molecule has 3 heterocycles. The lowest BCUT2D eigenvalue weighted by atomic mass is 9.92. The van der Waals surface area contributed by atoms with Gasteiger partial charge < -0.3 is 14.1 Å². The number of piperidine rings is 1. The van der Waals surface area contributed by atoms with Crippen molar-refractivity contribution in [3.63, 3.8) is 0 Å². The van der Waals surface area contributed by atoms with Gasteiger partial charge in [-0.25, -0.2) is 9.78 Å². The molecule has 1 aliphatic rings. The SMILES string of the molecule is C=C(C)c1oc([C@@H]2CC[C@@H](C)N(C(=O)c3ccccc3-n3nccn3)C2)nc1C(=O)OC. The molecule has 9 nitrogen and oxygen atoms in total. The topological polar surface area (TPSA) is 103 Å². The highest BCUT2D eigenvalue weighted by Gasteiger charge is 2.35. The van der Waals surface area contributed by atoms with E-state index in [0.29, 0.717) is 35.0 Å². The maximum Gasteiger partial charge on any atom is 0.360 e. The van der Waals surface area contributed by atoms with E-state index in [1.165, 1.54) is 11.9 Å². The molecule has 1 aliphatic heterocycles. The number of amides is 1. The van der Waals surface area contributed by atoms with Crippen molar-refractivity contribution < 1.29 is 18.7 Å². The second-order valence-electron chi connectivity index (χ2n) is 7.92. The lowest BCUT2D eigenvalue weighted by Crippen LogP contribution is -2.45. The summed E-state index contributed by atoms with van der Waals surface area (Å²) in [6.07, 6.45) is 4.70. The highest BCUT2D eigenvalue weighted by Crippen LogP contribution is 2.33. The molecule has 1 aromatic carbocycles. The third kappa shape index (κ3) is 3.93. The van der Waals surface area contributed by atoms with Crippen molar-refractivity contribution in [2.45, 2.75) is 38.6 Å². The van der Waals surface area contributed by atoms with Crippen molar-refractivity contribution in [1.29, 1.82) is 0 Å². The van der Waals surface area contributed by atoms with Crippen molar-refractivity contribution >= 4 is 17.4 Å². The van der Waals surface area contributed by atoms with Gasteiger partial charge in [0.05, 0.1) is 36.7 Å². The lowest BCUT2D eigenvalue weighted by Gasteiger charge is -2.37. The van der Waals surface area contributed by atoms with Crippen LogP contribution in [0.15, 0.2) is 47.7 Å². The van der Waals surface area contributed by atoms with Crippen LogP contribution in [0.3, 0.4) is 0 Å². The van der Waals surface area contributed by atoms with Gasteiger partial charge in [0.25, 0.3) is 5.91 Å². The Labute approximate surface area is 185 Å². The summed E-state index contributed by atoms with van der Waals surface area (Å²) in [7, 11) is 1.30. The highest BCUT2D eigenvalue weighted by atomic mass is 16.5. The van der Waals surface area contributed by atoms with Crippen LogP contribution in [-0.4, -0.2) is 56.5 Å². The number of rotatable bonds is 5. The molecule has 32 heavy (non-hydrogen) atoms. The van der Waals surface area contributed by atoms with Gasteiger partial charge in [-0.1, -0.05) is 18.7 Å². The van der Waals surface area contributed by atoms with E-state index in [9.17, 15) is 9.59 Å². The average molecular weight is 435 g/mol. The third-order valence-corrected chi connectivity index (χ3v) is 5.67. The van der Waals surface area contributed by atoms with Crippen LogP contribution in [0.1, 0.15) is 65.1 Å². The first-order chi connectivity index (χ1) is 15.4. The van der Waals surface area contributed by atoms with E-state index >= 15 is 0 Å². The number of oxazole rings is 1. The van der Waals surface area contributed by atoms with E-state index in [2.05, 4.69) is 21.8 Å². The summed E-state index contributed by atoms with van der Waals surface area (Å²) in [4.78, 5) is 33.4. The molecule has 3 aromatic rings. The number of hydrogen-bond acceptors (Lipinski definition) is 7. The fourth-order valence-corrected chi connectivity index (χ4v) is 3.95. The summed E-state index contributed by atoms with van der Waals surface area (Å²) in [5.41, 5.74) is 1.83. The number of methoxy groups -OCH3 is 1. The van der Waals surface area contributed by atoms with Gasteiger partial charge in [-0.2, -0.15) is 15.0 Å². The first-order valence-corrected chi connectivity index (χ1v) is 10.4. The van der Waals surface area contributed by atoms with Crippen LogP contribution >= 0.6 is 0 Å². The largest absolute Gasteiger partial charge is 0.464 e. The van der Waals surface area contributed by atoms with Gasteiger partial charge in [0, 0.05) is 12.6 Å². The van der Waals surface area contributed by atoms with Crippen LogP contribution in [0.2, 0.25) is 0 Å². The van der Waals surface area contributed by atoms with E-state index < -0.39 is 5.97 Å². The number of likely N-dealkylation sites (tertiary alicyclic amines) is 1. The van der Waals surface area contributed by atoms with E-state index in [4.69, 9.17) is 9.15 Å². The predicted octanol–water partition coefficient (Wildman–Crippen LogP) is 3.48. The summed E-state index contributed by atoms with van der Waals surface area (Å²) in [5, 5.41) is 8.34. The van der Waals surface area contributed by atoms with Crippen molar-refractivity contribution in [3.05, 3.63) is 66.1 Å². The fraction of sp³-hybridized carbons (Fsp3) is 0.348. The molecule has 1 amide bonds. The van der Waals surface area contributed by atoms with Gasteiger partial charge in [0.2, 0.25) is 5.89 Å². The predicted molar refractivity (Wildman–Crippen MR) is 116 cm³/mol. The Bertz CT molecular complexity index is 1150. The number of nitrogens with zero attached hydrogens (tertiary/aromatic N) is 5. The zero-order valence-electron chi connectivity index (χ0n) is 18.3. The molecule has 0 spiro atoms. The maximum atomic E-state index is 13.6. The summed E-state index contributed by atoms with van der Waals surface area (Å²) in [5.74, 6) is -0.110. The molecule has 0 bridgehead atoms. The summed E-state index contributed by atoms with van der Waals surface area (Å²) in [6.45, 7) is 8.06. The normalized spacial score (nSPS) is 18.4. The van der Waals surface area contributed by atoms with Gasteiger partial charge >= 0.3 is 5.97 Å².